The summed E-state index contributed by atoms with van der Waals surface area (Å²) in [5, 5.41) is 5.86. The van der Waals surface area contributed by atoms with Gasteiger partial charge in [0, 0.05) is 25.2 Å². The molecule has 0 aromatic carbocycles. The molecular weight excluding hydrogens is 256 g/mol. The molecule has 1 aromatic rings. The van der Waals surface area contributed by atoms with E-state index < -0.39 is 0 Å². The Balaban J connectivity index is 2.27. The molecule has 1 amide bonds. The summed E-state index contributed by atoms with van der Waals surface area (Å²) in [5.41, 5.74) is 0.982. The highest BCUT2D eigenvalue weighted by Gasteiger charge is 2.31. The SMILES string of the molecule is Cc1csc(C(=O)N2C(C)CNCC2C)c1Cl. The smallest absolute Gasteiger partial charge is 0.266 e. The van der Waals surface area contributed by atoms with Crippen LogP contribution in [0.15, 0.2) is 5.38 Å². The summed E-state index contributed by atoms with van der Waals surface area (Å²) in [6, 6.07) is 0.425. The van der Waals surface area contributed by atoms with Gasteiger partial charge in [0.25, 0.3) is 5.91 Å². The molecule has 1 N–H and O–H groups in total. The molecule has 94 valence electrons. The van der Waals surface area contributed by atoms with Gasteiger partial charge in [0.1, 0.15) is 4.88 Å². The number of piperazine rings is 1. The minimum Gasteiger partial charge on any atom is -0.330 e. The number of nitrogens with one attached hydrogen (secondary N) is 1. The molecule has 2 heterocycles. The maximum atomic E-state index is 12.5. The molecule has 1 aliphatic rings. The lowest BCUT2D eigenvalue weighted by atomic mass is 10.1. The van der Waals surface area contributed by atoms with Crippen molar-refractivity contribution in [1.29, 1.82) is 0 Å². The number of carbonyl (C=O) groups is 1. The number of aryl methyl sites for hydroxylation is 1. The molecule has 0 bridgehead atoms. The van der Waals surface area contributed by atoms with Crippen molar-refractivity contribution in [2.75, 3.05) is 13.1 Å². The molecule has 0 aliphatic carbocycles. The summed E-state index contributed by atoms with van der Waals surface area (Å²) >= 11 is 7.60. The third kappa shape index (κ3) is 2.34. The van der Waals surface area contributed by atoms with Crippen LogP contribution < -0.4 is 5.32 Å². The summed E-state index contributed by atoms with van der Waals surface area (Å²) < 4.78 is 0. The fourth-order valence-electron chi connectivity index (χ4n) is 2.22. The maximum absolute atomic E-state index is 12.5. The van der Waals surface area contributed by atoms with Gasteiger partial charge in [-0.1, -0.05) is 11.6 Å². The maximum Gasteiger partial charge on any atom is 0.266 e. The van der Waals surface area contributed by atoms with E-state index in [4.69, 9.17) is 11.6 Å². The third-order valence-electron chi connectivity index (χ3n) is 3.16. The zero-order chi connectivity index (χ0) is 12.6. The van der Waals surface area contributed by atoms with Gasteiger partial charge >= 0.3 is 0 Å². The van der Waals surface area contributed by atoms with E-state index in [-0.39, 0.29) is 18.0 Å². The van der Waals surface area contributed by atoms with Crippen LogP contribution >= 0.6 is 22.9 Å². The number of hydrogen-bond donors (Lipinski definition) is 1. The average molecular weight is 273 g/mol. The summed E-state index contributed by atoms with van der Waals surface area (Å²) in [5.74, 6) is 0.0644. The van der Waals surface area contributed by atoms with Crippen LogP contribution in [0.3, 0.4) is 0 Å². The van der Waals surface area contributed by atoms with Crippen LogP contribution in [0.25, 0.3) is 0 Å². The highest BCUT2D eigenvalue weighted by molar-refractivity contribution is 7.13. The topological polar surface area (TPSA) is 32.3 Å². The Hall–Kier alpha value is -0.580. The molecule has 2 rings (SSSR count). The van der Waals surface area contributed by atoms with E-state index in [0.717, 1.165) is 18.7 Å². The lowest BCUT2D eigenvalue weighted by Gasteiger charge is -2.39. The second kappa shape index (κ2) is 4.96. The van der Waals surface area contributed by atoms with Crippen molar-refractivity contribution >= 4 is 28.8 Å². The monoisotopic (exact) mass is 272 g/mol. The Labute approximate surface area is 111 Å². The van der Waals surface area contributed by atoms with Crippen molar-refractivity contribution in [1.82, 2.24) is 10.2 Å². The van der Waals surface area contributed by atoms with Crippen LogP contribution in [-0.4, -0.2) is 36.0 Å². The Morgan fingerprint density at radius 3 is 2.53 bits per heavy atom. The van der Waals surface area contributed by atoms with Crippen LogP contribution in [-0.2, 0) is 0 Å². The lowest BCUT2D eigenvalue weighted by molar-refractivity contribution is 0.0549. The van der Waals surface area contributed by atoms with Gasteiger partial charge in [0.05, 0.1) is 5.02 Å². The number of halogens is 1. The average Bonchev–Trinajstić information content (AvgIpc) is 2.59. The molecule has 0 saturated carbocycles. The van der Waals surface area contributed by atoms with Crippen molar-refractivity contribution in [3.8, 4) is 0 Å². The fourth-order valence-corrected chi connectivity index (χ4v) is 3.44. The van der Waals surface area contributed by atoms with E-state index in [1.165, 1.54) is 11.3 Å². The summed E-state index contributed by atoms with van der Waals surface area (Å²) in [6.45, 7) is 7.75. The van der Waals surface area contributed by atoms with Gasteiger partial charge in [-0.2, -0.15) is 0 Å². The molecule has 1 aliphatic heterocycles. The largest absolute Gasteiger partial charge is 0.330 e. The molecule has 0 spiro atoms. The molecule has 3 nitrogen and oxygen atoms in total. The second-order valence-electron chi connectivity index (χ2n) is 4.63. The van der Waals surface area contributed by atoms with E-state index in [9.17, 15) is 4.79 Å². The predicted octanol–water partition coefficient (Wildman–Crippen LogP) is 2.53. The Bertz CT molecular complexity index is 422. The quantitative estimate of drug-likeness (QED) is 0.852. The molecule has 1 fully saturated rings. The number of carbonyl (C=O) groups excluding carboxylic acids is 1. The van der Waals surface area contributed by atoms with Gasteiger partial charge in [0.15, 0.2) is 0 Å². The molecule has 1 aromatic heterocycles. The minimum absolute atomic E-state index is 0.0644. The van der Waals surface area contributed by atoms with E-state index in [2.05, 4.69) is 19.2 Å². The fraction of sp³-hybridized carbons (Fsp3) is 0.583. The van der Waals surface area contributed by atoms with E-state index in [1.54, 1.807) is 0 Å². The molecule has 2 unspecified atom stereocenters. The van der Waals surface area contributed by atoms with Crippen LogP contribution in [0.1, 0.15) is 29.1 Å². The summed E-state index contributed by atoms with van der Waals surface area (Å²) in [7, 11) is 0. The van der Waals surface area contributed by atoms with Crippen molar-refractivity contribution < 1.29 is 4.79 Å². The van der Waals surface area contributed by atoms with Crippen LogP contribution in [0.2, 0.25) is 5.02 Å². The van der Waals surface area contributed by atoms with Gasteiger partial charge in [-0.25, -0.2) is 0 Å². The first-order chi connectivity index (χ1) is 8.02. The molecule has 2 atom stereocenters. The van der Waals surface area contributed by atoms with Gasteiger partial charge in [0.2, 0.25) is 0 Å². The summed E-state index contributed by atoms with van der Waals surface area (Å²) in [6.07, 6.45) is 0. The standard InChI is InChI=1S/C12H17ClN2OS/c1-7-6-17-11(10(7)13)12(16)15-8(2)4-14-5-9(15)3/h6,8-9,14H,4-5H2,1-3H3. The van der Waals surface area contributed by atoms with Crippen molar-refractivity contribution in [3.63, 3.8) is 0 Å². The van der Waals surface area contributed by atoms with Gasteiger partial charge in [-0.05, 0) is 31.7 Å². The zero-order valence-corrected chi connectivity index (χ0v) is 11.9. The van der Waals surface area contributed by atoms with Crippen molar-refractivity contribution in [3.05, 3.63) is 20.8 Å². The summed E-state index contributed by atoms with van der Waals surface area (Å²) in [4.78, 5) is 15.1. The Morgan fingerprint density at radius 1 is 1.47 bits per heavy atom. The first kappa shape index (κ1) is 12.9. The van der Waals surface area contributed by atoms with Crippen molar-refractivity contribution in [2.24, 2.45) is 0 Å². The number of amides is 1. The number of hydrogen-bond acceptors (Lipinski definition) is 3. The first-order valence-electron chi connectivity index (χ1n) is 5.79. The molecule has 5 heteroatoms. The Morgan fingerprint density at radius 2 is 2.06 bits per heavy atom. The number of nitrogens with zero attached hydrogens (tertiary/aromatic N) is 1. The predicted molar refractivity (Wildman–Crippen MR) is 72.0 cm³/mol. The normalized spacial score (nSPS) is 25.1. The van der Waals surface area contributed by atoms with Gasteiger partial charge in [-0.15, -0.1) is 11.3 Å². The molecule has 1 saturated heterocycles. The molecule has 17 heavy (non-hydrogen) atoms. The molecule has 0 radical (unpaired) electrons. The first-order valence-corrected chi connectivity index (χ1v) is 7.05. The van der Waals surface area contributed by atoms with Crippen LogP contribution in [0.5, 0.6) is 0 Å². The number of rotatable bonds is 1. The lowest BCUT2D eigenvalue weighted by Crippen LogP contribution is -2.57. The number of thiophene rings is 1. The van der Waals surface area contributed by atoms with Gasteiger partial charge in [-0.3, -0.25) is 4.79 Å². The van der Waals surface area contributed by atoms with Crippen LogP contribution in [0, 0.1) is 6.92 Å². The minimum atomic E-state index is 0.0644. The third-order valence-corrected chi connectivity index (χ3v) is 4.84. The van der Waals surface area contributed by atoms with Crippen LogP contribution in [0.4, 0.5) is 0 Å². The zero-order valence-electron chi connectivity index (χ0n) is 10.3. The Kier molecular flexibility index (Phi) is 3.76. The van der Waals surface area contributed by atoms with Gasteiger partial charge < -0.3 is 10.2 Å². The van der Waals surface area contributed by atoms with Crippen molar-refractivity contribution in [2.45, 2.75) is 32.9 Å². The van der Waals surface area contributed by atoms with E-state index in [1.807, 2.05) is 17.2 Å². The second-order valence-corrected chi connectivity index (χ2v) is 5.89. The highest BCUT2D eigenvalue weighted by Crippen LogP contribution is 2.29. The highest BCUT2D eigenvalue weighted by atomic mass is 35.5. The molecular formula is C12H17ClN2OS. The van der Waals surface area contributed by atoms with E-state index >= 15 is 0 Å². The van der Waals surface area contributed by atoms with E-state index in [0.29, 0.717) is 9.90 Å².